The predicted molar refractivity (Wildman–Crippen MR) is 96.4 cm³/mol. The number of hydrogen-bond donors (Lipinski definition) is 1. The second-order valence-electron chi connectivity index (χ2n) is 4.89. The molecule has 122 valence electrons. The monoisotopic (exact) mass is 349 g/mol. The van der Waals surface area contributed by atoms with E-state index < -0.39 is 0 Å². The summed E-state index contributed by atoms with van der Waals surface area (Å²) in [6, 6.07) is 15.1. The van der Waals surface area contributed by atoms with Crippen LogP contribution in [0.3, 0.4) is 0 Å². The summed E-state index contributed by atoms with van der Waals surface area (Å²) >= 11 is 7.86. The molecule has 1 N–H and O–H groups in total. The van der Waals surface area contributed by atoms with E-state index in [4.69, 9.17) is 16.3 Å². The molecule has 0 saturated heterocycles. The zero-order valence-electron chi connectivity index (χ0n) is 13.2. The lowest BCUT2D eigenvalue weighted by molar-refractivity contribution is 0.0826. The van der Waals surface area contributed by atoms with Crippen LogP contribution in [0.15, 0.2) is 53.4 Å². The summed E-state index contributed by atoms with van der Waals surface area (Å²) in [7, 11) is 1.61. The highest BCUT2D eigenvalue weighted by Crippen LogP contribution is 2.25. The summed E-state index contributed by atoms with van der Waals surface area (Å²) in [6.45, 7) is 2.43. The Morgan fingerprint density at radius 3 is 2.61 bits per heavy atom. The zero-order valence-corrected chi connectivity index (χ0v) is 14.8. The first kappa shape index (κ1) is 17.9. The van der Waals surface area contributed by atoms with Crippen molar-refractivity contribution in [1.29, 1.82) is 0 Å². The smallest absolute Gasteiger partial charge is 0.252 e. The van der Waals surface area contributed by atoms with Gasteiger partial charge in [-0.15, -0.1) is 11.8 Å². The van der Waals surface area contributed by atoms with E-state index in [1.165, 1.54) is 0 Å². The molecule has 0 fully saturated rings. The fraction of sp³-hybridized carbons (Fsp3) is 0.278. The average Bonchev–Trinajstić information content (AvgIpc) is 2.57. The van der Waals surface area contributed by atoms with Crippen LogP contribution in [0.4, 0.5) is 0 Å². The topological polar surface area (TPSA) is 38.3 Å². The van der Waals surface area contributed by atoms with Crippen LogP contribution in [0.1, 0.15) is 28.9 Å². The lowest BCUT2D eigenvalue weighted by Crippen LogP contribution is -2.29. The third-order valence-electron chi connectivity index (χ3n) is 3.42. The second-order valence-corrected chi connectivity index (χ2v) is 6.60. The largest absolute Gasteiger partial charge is 0.375 e. The van der Waals surface area contributed by atoms with Gasteiger partial charge < -0.3 is 10.1 Å². The molecule has 0 bridgehead atoms. The van der Waals surface area contributed by atoms with Crippen molar-refractivity contribution in [2.45, 2.75) is 17.9 Å². The van der Waals surface area contributed by atoms with Crippen LogP contribution in [0.25, 0.3) is 0 Å². The molecule has 1 unspecified atom stereocenters. The molecule has 2 aromatic rings. The third kappa shape index (κ3) is 4.74. The summed E-state index contributed by atoms with van der Waals surface area (Å²) in [5.74, 6) is 0.820. The Labute approximate surface area is 146 Å². The molecule has 0 saturated carbocycles. The van der Waals surface area contributed by atoms with Crippen LogP contribution in [0.2, 0.25) is 5.02 Å². The number of hydrogen-bond acceptors (Lipinski definition) is 3. The maximum Gasteiger partial charge on any atom is 0.252 e. The molecule has 0 aliphatic rings. The first-order valence-corrected chi connectivity index (χ1v) is 8.81. The van der Waals surface area contributed by atoms with E-state index in [1.54, 1.807) is 18.9 Å². The summed E-state index contributed by atoms with van der Waals surface area (Å²) < 4.78 is 5.48. The summed E-state index contributed by atoms with van der Waals surface area (Å²) in [4.78, 5) is 13.4. The van der Waals surface area contributed by atoms with Gasteiger partial charge in [-0.1, -0.05) is 48.9 Å². The van der Waals surface area contributed by atoms with Crippen molar-refractivity contribution >= 4 is 29.3 Å². The summed E-state index contributed by atoms with van der Waals surface area (Å²) in [6.07, 6.45) is -0.279. The highest BCUT2D eigenvalue weighted by Gasteiger charge is 2.16. The van der Waals surface area contributed by atoms with E-state index in [1.807, 2.05) is 48.5 Å². The van der Waals surface area contributed by atoms with Gasteiger partial charge in [-0.05, 0) is 24.0 Å². The first-order chi connectivity index (χ1) is 11.2. The van der Waals surface area contributed by atoms with Crippen LogP contribution in [-0.2, 0) is 4.74 Å². The predicted octanol–water partition coefficient (Wildman–Crippen LogP) is 4.57. The van der Waals surface area contributed by atoms with E-state index in [9.17, 15) is 4.79 Å². The van der Waals surface area contributed by atoms with Crippen LogP contribution in [0, 0.1) is 0 Å². The van der Waals surface area contributed by atoms with Gasteiger partial charge in [0.05, 0.1) is 5.56 Å². The van der Waals surface area contributed by atoms with Crippen molar-refractivity contribution in [3.05, 3.63) is 64.7 Å². The molecule has 23 heavy (non-hydrogen) atoms. The fourth-order valence-corrected chi connectivity index (χ4v) is 3.33. The van der Waals surface area contributed by atoms with Crippen LogP contribution in [-0.4, -0.2) is 25.3 Å². The summed E-state index contributed by atoms with van der Waals surface area (Å²) in [5.41, 5.74) is 1.56. The Hall–Kier alpha value is -1.49. The highest BCUT2D eigenvalue weighted by molar-refractivity contribution is 7.99. The van der Waals surface area contributed by atoms with Crippen molar-refractivity contribution in [3.63, 3.8) is 0 Å². The fourth-order valence-electron chi connectivity index (χ4n) is 2.27. The minimum atomic E-state index is -0.279. The number of rotatable bonds is 7. The number of methoxy groups -OCH3 is 1. The second kappa shape index (κ2) is 8.96. The molecule has 1 amide bonds. The Morgan fingerprint density at radius 2 is 1.91 bits per heavy atom. The maximum atomic E-state index is 12.5. The first-order valence-electron chi connectivity index (χ1n) is 7.44. The van der Waals surface area contributed by atoms with Gasteiger partial charge in [0.15, 0.2) is 0 Å². The lowest BCUT2D eigenvalue weighted by atomic mass is 10.1. The van der Waals surface area contributed by atoms with Gasteiger partial charge in [0.25, 0.3) is 5.91 Å². The van der Waals surface area contributed by atoms with Crippen molar-refractivity contribution in [3.8, 4) is 0 Å². The molecule has 1 atom stereocenters. The number of benzene rings is 2. The molecular weight excluding hydrogens is 330 g/mol. The number of carbonyl (C=O) groups excluding carboxylic acids is 1. The summed E-state index contributed by atoms with van der Waals surface area (Å²) in [5, 5.41) is 3.57. The molecule has 2 aromatic carbocycles. The quantitative estimate of drug-likeness (QED) is 0.744. The molecule has 2 rings (SSSR count). The van der Waals surface area contributed by atoms with Crippen LogP contribution >= 0.6 is 23.4 Å². The van der Waals surface area contributed by atoms with E-state index in [-0.39, 0.29) is 12.0 Å². The number of carbonyl (C=O) groups is 1. The van der Waals surface area contributed by atoms with Gasteiger partial charge in [0, 0.05) is 29.1 Å². The van der Waals surface area contributed by atoms with Crippen LogP contribution in [0.5, 0.6) is 0 Å². The molecule has 5 heteroatoms. The van der Waals surface area contributed by atoms with Gasteiger partial charge in [-0.3, -0.25) is 4.79 Å². The zero-order chi connectivity index (χ0) is 16.7. The van der Waals surface area contributed by atoms with Crippen molar-refractivity contribution in [2.75, 3.05) is 19.4 Å². The normalized spacial score (nSPS) is 12.0. The molecular formula is C18H20ClNO2S. The number of ether oxygens (including phenoxy) is 1. The molecule has 0 radical (unpaired) electrons. The Kier molecular flexibility index (Phi) is 6.96. The van der Waals surface area contributed by atoms with Crippen molar-refractivity contribution in [2.24, 2.45) is 0 Å². The van der Waals surface area contributed by atoms with Gasteiger partial charge in [-0.2, -0.15) is 0 Å². The molecule has 0 spiro atoms. The Balaban J connectivity index is 2.07. The minimum Gasteiger partial charge on any atom is -0.375 e. The number of halogens is 1. The molecule has 0 aliphatic heterocycles. The van der Waals surface area contributed by atoms with Gasteiger partial charge in [0.1, 0.15) is 6.10 Å². The number of thioether (sulfide) groups is 1. The average molecular weight is 350 g/mol. The van der Waals surface area contributed by atoms with Crippen LogP contribution < -0.4 is 5.32 Å². The number of amides is 1. The Morgan fingerprint density at radius 1 is 1.22 bits per heavy atom. The van der Waals surface area contributed by atoms with Gasteiger partial charge in [0.2, 0.25) is 0 Å². The SMILES string of the molecule is CCSc1ccccc1C(=O)NCC(OC)c1ccccc1Cl. The Bertz CT molecular complexity index is 663. The number of nitrogens with one attached hydrogen (secondary N) is 1. The molecule has 0 aliphatic carbocycles. The van der Waals surface area contributed by atoms with Crippen molar-refractivity contribution in [1.82, 2.24) is 5.32 Å². The van der Waals surface area contributed by atoms with Gasteiger partial charge >= 0.3 is 0 Å². The molecule has 0 aromatic heterocycles. The van der Waals surface area contributed by atoms with E-state index >= 15 is 0 Å². The third-order valence-corrected chi connectivity index (χ3v) is 4.72. The van der Waals surface area contributed by atoms with E-state index in [0.29, 0.717) is 17.1 Å². The molecule has 0 heterocycles. The van der Waals surface area contributed by atoms with E-state index in [0.717, 1.165) is 16.2 Å². The highest BCUT2D eigenvalue weighted by atomic mass is 35.5. The van der Waals surface area contributed by atoms with Gasteiger partial charge in [-0.25, -0.2) is 0 Å². The minimum absolute atomic E-state index is 0.101. The standard InChI is InChI=1S/C18H20ClNO2S/c1-3-23-17-11-7-5-9-14(17)18(21)20-12-16(22-2)13-8-4-6-10-15(13)19/h4-11,16H,3,12H2,1-2H3,(H,20,21). The maximum absolute atomic E-state index is 12.5. The van der Waals surface area contributed by atoms with Crippen molar-refractivity contribution < 1.29 is 9.53 Å². The lowest BCUT2D eigenvalue weighted by Gasteiger charge is -2.18. The van der Waals surface area contributed by atoms with E-state index in [2.05, 4.69) is 12.2 Å². The molecule has 3 nitrogen and oxygen atoms in total.